The lowest BCUT2D eigenvalue weighted by molar-refractivity contribution is 0.396. The van der Waals surface area contributed by atoms with Crippen LogP contribution in [0.2, 0.25) is 5.02 Å². The monoisotopic (exact) mass is 323 g/mol. The van der Waals surface area contributed by atoms with Gasteiger partial charge in [0.25, 0.3) is 0 Å². The van der Waals surface area contributed by atoms with Gasteiger partial charge in [-0.25, -0.2) is 4.98 Å². The molecule has 0 saturated carbocycles. The number of methoxy groups -OCH3 is 2. The van der Waals surface area contributed by atoms with Gasteiger partial charge in [0.05, 0.1) is 24.9 Å². The lowest BCUT2D eigenvalue weighted by Gasteiger charge is -2.13. The van der Waals surface area contributed by atoms with Gasteiger partial charge in [0, 0.05) is 17.8 Å². The molecule has 0 aliphatic rings. The molecule has 0 amide bonds. The first-order chi connectivity index (χ1) is 10.0. The van der Waals surface area contributed by atoms with Crippen molar-refractivity contribution < 1.29 is 9.47 Å². The topological polar surface area (TPSA) is 69.4 Å². The highest BCUT2D eigenvalue weighted by Gasteiger charge is 2.11. The van der Waals surface area contributed by atoms with Gasteiger partial charge in [-0.15, -0.1) is 0 Å². The first-order valence-electron chi connectivity index (χ1n) is 5.99. The second-order valence-corrected chi connectivity index (χ2v) is 4.95. The van der Waals surface area contributed by atoms with Gasteiger partial charge in [-0.3, -0.25) is 0 Å². The summed E-state index contributed by atoms with van der Waals surface area (Å²) >= 11 is 11.1. The first-order valence-corrected chi connectivity index (χ1v) is 6.78. The number of pyridine rings is 1. The van der Waals surface area contributed by atoms with Crippen LogP contribution in [0.15, 0.2) is 30.5 Å². The van der Waals surface area contributed by atoms with E-state index in [4.69, 9.17) is 39.0 Å². The van der Waals surface area contributed by atoms with E-state index < -0.39 is 0 Å². The third-order valence-corrected chi connectivity index (χ3v) is 3.31. The number of thiocarbonyl (C=S) groups is 1. The van der Waals surface area contributed by atoms with Crippen molar-refractivity contribution >= 4 is 40.3 Å². The standard InChI is InChI=1S/C14H14ClN3O2S/c1-19-11-7-12(20-2)10(6-9(11)15)18-13-5-8(14(16)21)3-4-17-13/h3-7H,1-2H3,(H2,16,21)(H,17,18). The minimum atomic E-state index is 0.306. The Morgan fingerprint density at radius 1 is 1.24 bits per heavy atom. The molecular weight excluding hydrogens is 310 g/mol. The second-order valence-electron chi connectivity index (χ2n) is 4.11. The van der Waals surface area contributed by atoms with E-state index >= 15 is 0 Å². The van der Waals surface area contributed by atoms with Gasteiger partial charge >= 0.3 is 0 Å². The van der Waals surface area contributed by atoms with Crippen molar-refractivity contribution in [2.45, 2.75) is 0 Å². The summed E-state index contributed by atoms with van der Waals surface area (Å²) in [5.74, 6) is 1.70. The molecule has 3 N–H and O–H groups in total. The van der Waals surface area contributed by atoms with Crippen LogP contribution in [0, 0.1) is 0 Å². The zero-order valence-electron chi connectivity index (χ0n) is 11.5. The summed E-state index contributed by atoms with van der Waals surface area (Å²) in [6, 6.07) is 6.89. The molecule has 0 fully saturated rings. The summed E-state index contributed by atoms with van der Waals surface area (Å²) in [5.41, 5.74) is 6.99. The van der Waals surface area contributed by atoms with Crippen LogP contribution in [0.1, 0.15) is 5.56 Å². The van der Waals surface area contributed by atoms with Gasteiger partial charge in [0.1, 0.15) is 22.3 Å². The molecule has 0 bridgehead atoms. The third kappa shape index (κ3) is 3.53. The molecule has 21 heavy (non-hydrogen) atoms. The maximum atomic E-state index is 6.12. The number of halogens is 1. The highest BCUT2D eigenvalue weighted by Crippen LogP contribution is 2.37. The highest BCUT2D eigenvalue weighted by molar-refractivity contribution is 7.80. The molecule has 2 aromatic rings. The van der Waals surface area contributed by atoms with Crippen molar-refractivity contribution in [3.8, 4) is 11.5 Å². The lowest BCUT2D eigenvalue weighted by Crippen LogP contribution is -2.10. The quantitative estimate of drug-likeness (QED) is 0.824. The van der Waals surface area contributed by atoms with Crippen molar-refractivity contribution in [2.24, 2.45) is 5.73 Å². The van der Waals surface area contributed by atoms with Crippen molar-refractivity contribution in [1.82, 2.24) is 4.98 Å². The summed E-state index contributed by atoms with van der Waals surface area (Å²) in [4.78, 5) is 4.51. The highest BCUT2D eigenvalue weighted by atomic mass is 35.5. The number of nitrogens with one attached hydrogen (secondary N) is 1. The number of hydrogen-bond acceptors (Lipinski definition) is 5. The summed E-state index contributed by atoms with van der Waals surface area (Å²) in [6.07, 6.45) is 1.62. The molecule has 1 aromatic carbocycles. The molecule has 5 nitrogen and oxygen atoms in total. The van der Waals surface area contributed by atoms with Crippen molar-refractivity contribution in [2.75, 3.05) is 19.5 Å². The van der Waals surface area contributed by atoms with E-state index in [1.54, 1.807) is 44.7 Å². The molecule has 0 unspecified atom stereocenters. The largest absolute Gasteiger partial charge is 0.495 e. The van der Waals surface area contributed by atoms with Crippen LogP contribution in [-0.2, 0) is 0 Å². The van der Waals surface area contributed by atoms with E-state index in [1.807, 2.05) is 0 Å². The zero-order valence-corrected chi connectivity index (χ0v) is 13.1. The van der Waals surface area contributed by atoms with Gasteiger partial charge < -0.3 is 20.5 Å². The molecule has 1 heterocycles. The van der Waals surface area contributed by atoms with Gasteiger partial charge in [-0.1, -0.05) is 23.8 Å². The fraction of sp³-hybridized carbons (Fsp3) is 0.143. The number of nitrogens with zero attached hydrogens (tertiary/aromatic N) is 1. The maximum absolute atomic E-state index is 6.12. The number of nitrogens with two attached hydrogens (primary N) is 1. The molecule has 2 rings (SSSR count). The maximum Gasteiger partial charge on any atom is 0.146 e. The molecule has 0 spiro atoms. The Bertz CT molecular complexity index is 679. The van der Waals surface area contributed by atoms with Crippen LogP contribution in [0.5, 0.6) is 11.5 Å². The Morgan fingerprint density at radius 2 is 1.95 bits per heavy atom. The molecular formula is C14H14ClN3O2S. The van der Waals surface area contributed by atoms with E-state index in [2.05, 4.69) is 10.3 Å². The molecule has 1 aromatic heterocycles. The fourth-order valence-corrected chi connectivity index (χ4v) is 2.12. The molecule has 0 atom stereocenters. The predicted molar refractivity (Wildman–Crippen MR) is 88.0 cm³/mol. The van der Waals surface area contributed by atoms with Crippen LogP contribution in [-0.4, -0.2) is 24.2 Å². The SMILES string of the molecule is COc1cc(OC)c(Nc2cc(C(N)=S)ccn2)cc1Cl. The van der Waals surface area contributed by atoms with Gasteiger partial charge in [-0.2, -0.15) is 0 Å². The van der Waals surface area contributed by atoms with Crippen LogP contribution >= 0.6 is 23.8 Å². The molecule has 110 valence electrons. The van der Waals surface area contributed by atoms with Gasteiger partial charge in [0.2, 0.25) is 0 Å². The summed E-state index contributed by atoms with van der Waals surface area (Å²) < 4.78 is 10.5. The molecule has 0 aliphatic heterocycles. The number of benzene rings is 1. The summed E-state index contributed by atoms with van der Waals surface area (Å²) in [7, 11) is 3.10. The van der Waals surface area contributed by atoms with E-state index in [-0.39, 0.29) is 0 Å². The molecule has 0 aliphatic carbocycles. The van der Waals surface area contributed by atoms with E-state index in [9.17, 15) is 0 Å². The van der Waals surface area contributed by atoms with Gasteiger partial charge in [-0.05, 0) is 18.2 Å². The number of anilines is 2. The average Bonchev–Trinajstić information content (AvgIpc) is 2.48. The average molecular weight is 324 g/mol. The van der Waals surface area contributed by atoms with Crippen LogP contribution in [0.25, 0.3) is 0 Å². The molecule has 0 radical (unpaired) electrons. The second kappa shape index (κ2) is 6.60. The first kappa shape index (κ1) is 15.3. The Kier molecular flexibility index (Phi) is 4.82. The smallest absolute Gasteiger partial charge is 0.146 e. The van der Waals surface area contributed by atoms with E-state index in [0.29, 0.717) is 33.0 Å². The minimum Gasteiger partial charge on any atom is -0.495 e. The molecule has 7 heteroatoms. The van der Waals surface area contributed by atoms with E-state index in [0.717, 1.165) is 5.56 Å². The van der Waals surface area contributed by atoms with Crippen LogP contribution in [0.3, 0.4) is 0 Å². The van der Waals surface area contributed by atoms with Crippen molar-refractivity contribution in [3.05, 3.63) is 41.0 Å². The fourth-order valence-electron chi connectivity index (χ4n) is 1.75. The molecule has 0 saturated heterocycles. The third-order valence-electron chi connectivity index (χ3n) is 2.78. The number of rotatable bonds is 5. The summed E-state index contributed by atoms with van der Waals surface area (Å²) in [6.45, 7) is 0. The van der Waals surface area contributed by atoms with Crippen molar-refractivity contribution in [1.29, 1.82) is 0 Å². The zero-order chi connectivity index (χ0) is 15.4. The Balaban J connectivity index is 2.37. The normalized spacial score (nSPS) is 10.0. The Morgan fingerprint density at radius 3 is 2.57 bits per heavy atom. The Labute approximate surface area is 133 Å². The number of hydrogen-bond donors (Lipinski definition) is 2. The number of aromatic nitrogens is 1. The van der Waals surface area contributed by atoms with Crippen LogP contribution < -0.4 is 20.5 Å². The van der Waals surface area contributed by atoms with Crippen LogP contribution in [0.4, 0.5) is 11.5 Å². The minimum absolute atomic E-state index is 0.306. The van der Waals surface area contributed by atoms with Crippen molar-refractivity contribution in [3.63, 3.8) is 0 Å². The summed E-state index contributed by atoms with van der Waals surface area (Å²) in [5, 5.41) is 3.58. The lowest BCUT2D eigenvalue weighted by atomic mass is 10.2. The number of ether oxygens (including phenoxy) is 2. The Hall–Kier alpha value is -2.05. The van der Waals surface area contributed by atoms with Gasteiger partial charge in [0.15, 0.2) is 0 Å². The predicted octanol–water partition coefficient (Wildman–Crippen LogP) is 3.13. The van der Waals surface area contributed by atoms with E-state index in [1.165, 1.54) is 0 Å².